The van der Waals surface area contributed by atoms with Gasteiger partial charge < -0.3 is 20.6 Å². The molecule has 0 spiro atoms. The molecule has 6 rings (SSSR count). The van der Waals surface area contributed by atoms with Crippen LogP contribution in [0.1, 0.15) is 65.0 Å². The Morgan fingerprint density at radius 1 is 0.942 bits per heavy atom. The number of nitrogens with one attached hydrogen (secondary N) is 2. The van der Waals surface area contributed by atoms with Gasteiger partial charge in [-0.3, -0.25) is 19.5 Å². The van der Waals surface area contributed by atoms with Gasteiger partial charge in [-0.15, -0.1) is 11.3 Å². The predicted octanol–water partition coefficient (Wildman–Crippen LogP) is 6.61. The van der Waals surface area contributed by atoms with E-state index in [0.717, 1.165) is 87.2 Å². The number of carbonyl (C=O) groups excluding carboxylic acids is 2. The fourth-order valence-corrected chi connectivity index (χ4v) is 7.87. The standard InChI is InChI=1S/C37H45N5O2S.C2HF3O2/c1-28-14-15-30-26-34(45-33(30)24-28)35(43)40-37(16-6-7-17-37)36(44)39-31(25-29-10-3-2-4-11-29)13-9-19-41-20-22-42(23-21-41)27-32-12-5-8-18-38-32;3-2(4,5)1(6)7/h2-5,8,10-12,14-15,18,24,26,31H,6-7,9,13,16-17,19-23,25,27H2,1H3,(H,39,44)(H,40,43);(H,6,7)/t31-;/m0./s1. The van der Waals surface area contributed by atoms with Crippen molar-refractivity contribution in [3.63, 3.8) is 0 Å². The van der Waals surface area contributed by atoms with E-state index in [1.54, 1.807) is 0 Å². The van der Waals surface area contributed by atoms with Gasteiger partial charge in [0, 0.05) is 49.7 Å². The maximum Gasteiger partial charge on any atom is 0.490 e. The maximum atomic E-state index is 14.1. The molecule has 9 nitrogen and oxygen atoms in total. The van der Waals surface area contributed by atoms with E-state index >= 15 is 0 Å². The fourth-order valence-electron chi connectivity index (χ4n) is 6.82. The van der Waals surface area contributed by atoms with Crippen molar-refractivity contribution in [1.82, 2.24) is 25.4 Å². The molecule has 4 aromatic rings. The molecule has 1 saturated carbocycles. The number of piperazine rings is 1. The largest absolute Gasteiger partial charge is 0.490 e. The van der Waals surface area contributed by atoms with Crippen molar-refractivity contribution in [1.29, 1.82) is 0 Å². The van der Waals surface area contributed by atoms with E-state index < -0.39 is 17.7 Å². The summed E-state index contributed by atoms with van der Waals surface area (Å²) in [4.78, 5) is 46.6. The molecule has 0 bridgehead atoms. The number of aromatic nitrogens is 1. The summed E-state index contributed by atoms with van der Waals surface area (Å²) in [5, 5.41) is 14.8. The Bertz CT molecular complexity index is 1770. The summed E-state index contributed by atoms with van der Waals surface area (Å²) in [6.45, 7) is 8.18. The molecule has 52 heavy (non-hydrogen) atoms. The first-order chi connectivity index (χ1) is 24.9. The summed E-state index contributed by atoms with van der Waals surface area (Å²) in [5.74, 6) is -2.94. The molecular weight excluding hydrogens is 692 g/mol. The molecule has 2 amide bonds. The highest BCUT2D eigenvalue weighted by atomic mass is 32.1. The highest BCUT2D eigenvalue weighted by Crippen LogP contribution is 2.32. The lowest BCUT2D eigenvalue weighted by molar-refractivity contribution is -0.192. The summed E-state index contributed by atoms with van der Waals surface area (Å²) in [6.07, 6.45) is 2.71. The van der Waals surface area contributed by atoms with Crippen molar-refractivity contribution < 1.29 is 32.7 Å². The summed E-state index contributed by atoms with van der Waals surface area (Å²) >= 11 is 1.50. The zero-order valence-electron chi connectivity index (χ0n) is 29.3. The van der Waals surface area contributed by atoms with Gasteiger partial charge in [-0.25, -0.2) is 4.79 Å². The van der Waals surface area contributed by atoms with E-state index in [0.29, 0.717) is 17.7 Å². The second-order valence-electron chi connectivity index (χ2n) is 13.6. The molecule has 278 valence electrons. The minimum absolute atomic E-state index is 0.00650. The molecule has 0 unspecified atom stereocenters. The minimum atomic E-state index is -5.08. The van der Waals surface area contributed by atoms with Crippen LogP contribution in [0.2, 0.25) is 0 Å². The number of aryl methyl sites for hydroxylation is 1. The quantitative estimate of drug-likeness (QED) is 0.150. The lowest BCUT2D eigenvalue weighted by Gasteiger charge is -2.35. The molecule has 1 aliphatic carbocycles. The van der Waals surface area contributed by atoms with Crippen LogP contribution in [0.25, 0.3) is 10.1 Å². The van der Waals surface area contributed by atoms with Crippen molar-refractivity contribution in [3.05, 3.63) is 101 Å². The molecule has 2 aromatic heterocycles. The molecule has 3 heterocycles. The number of benzene rings is 2. The number of fused-ring (bicyclic) bond motifs is 1. The van der Waals surface area contributed by atoms with Crippen LogP contribution >= 0.6 is 11.3 Å². The first kappa shape index (κ1) is 38.9. The number of alkyl halides is 3. The van der Waals surface area contributed by atoms with E-state index in [9.17, 15) is 22.8 Å². The van der Waals surface area contributed by atoms with Gasteiger partial charge in [0.25, 0.3) is 5.91 Å². The van der Waals surface area contributed by atoms with Crippen molar-refractivity contribution in [2.45, 2.75) is 76.2 Å². The third-order valence-corrected chi connectivity index (χ3v) is 10.7. The van der Waals surface area contributed by atoms with Crippen molar-refractivity contribution >= 4 is 39.2 Å². The van der Waals surface area contributed by atoms with Crippen LogP contribution in [0.5, 0.6) is 0 Å². The molecule has 2 aliphatic rings. The fraction of sp³-hybridized carbons (Fsp3) is 0.436. The van der Waals surface area contributed by atoms with Crippen LogP contribution < -0.4 is 10.6 Å². The van der Waals surface area contributed by atoms with Crippen molar-refractivity contribution in [2.24, 2.45) is 0 Å². The van der Waals surface area contributed by atoms with E-state index in [1.807, 2.05) is 24.4 Å². The van der Waals surface area contributed by atoms with Crippen LogP contribution in [0.4, 0.5) is 13.2 Å². The van der Waals surface area contributed by atoms with E-state index in [4.69, 9.17) is 9.90 Å². The number of thiophene rings is 1. The molecule has 2 aromatic carbocycles. The lowest BCUT2D eigenvalue weighted by Crippen LogP contribution is -2.59. The normalized spacial score (nSPS) is 16.8. The van der Waals surface area contributed by atoms with Crippen molar-refractivity contribution in [3.8, 4) is 0 Å². The summed E-state index contributed by atoms with van der Waals surface area (Å²) in [5.41, 5.74) is 2.66. The number of carboxylic acids is 1. The number of hydrogen-bond donors (Lipinski definition) is 3. The number of pyridine rings is 1. The second-order valence-corrected chi connectivity index (χ2v) is 14.7. The first-order valence-corrected chi connectivity index (χ1v) is 18.5. The van der Waals surface area contributed by atoms with Crippen LogP contribution in [0.3, 0.4) is 0 Å². The Morgan fingerprint density at radius 2 is 1.62 bits per heavy atom. The smallest absolute Gasteiger partial charge is 0.475 e. The van der Waals surface area contributed by atoms with Gasteiger partial charge in [0.1, 0.15) is 5.54 Å². The third kappa shape index (κ3) is 11.1. The number of amides is 2. The second kappa shape index (κ2) is 17.9. The Balaban J connectivity index is 0.000000679. The number of hydrogen-bond acceptors (Lipinski definition) is 7. The number of nitrogens with zero attached hydrogens (tertiary/aromatic N) is 3. The number of rotatable bonds is 12. The maximum absolute atomic E-state index is 14.1. The highest BCUT2D eigenvalue weighted by Gasteiger charge is 2.43. The van der Waals surface area contributed by atoms with Crippen LogP contribution in [0, 0.1) is 6.92 Å². The number of carboxylic acid groups (broad SMARTS) is 1. The average Bonchev–Trinajstić information content (AvgIpc) is 3.78. The van der Waals surface area contributed by atoms with Gasteiger partial charge in [-0.1, -0.05) is 61.4 Å². The number of aliphatic carboxylic acids is 1. The molecule has 0 radical (unpaired) electrons. The van der Waals surface area contributed by atoms with Gasteiger partial charge in [-0.2, -0.15) is 13.2 Å². The van der Waals surface area contributed by atoms with E-state index in [1.165, 1.54) is 22.5 Å². The SMILES string of the molecule is Cc1ccc2cc(C(=O)NC3(C(=O)N[C@@H](CCCN4CCN(Cc5ccccn5)CC4)Cc4ccccc4)CCCC3)sc2c1.O=C(O)C(F)(F)F. The van der Waals surface area contributed by atoms with Crippen LogP contribution in [-0.4, -0.2) is 88.2 Å². The predicted molar refractivity (Wildman–Crippen MR) is 196 cm³/mol. The van der Waals surface area contributed by atoms with Gasteiger partial charge in [0.15, 0.2) is 0 Å². The van der Waals surface area contributed by atoms with Gasteiger partial charge in [-0.05, 0) is 86.4 Å². The Labute approximate surface area is 306 Å². The molecule has 13 heteroatoms. The summed E-state index contributed by atoms with van der Waals surface area (Å²) < 4.78 is 32.8. The highest BCUT2D eigenvalue weighted by molar-refractivity contribution is 7.20. The molecule has 1 aliphatic heterocycles. The topological polar surface area (TPSA) is 115 Å². The first-order valence-electron chi connectivity index (χ1n) is 17.7. The third-order valence-electron chi connectivity index (χ3n) is 9.65. The average molecular weight is 738 g/mol. The van der Waals surface area contributed by atoms with Crippen molar-refractivity contribution in [2.75, 3.05) is 32.7 Å². The van der Waals surface area contributed by atoms with Gasteiger partial charge in [0.05, 0.1) is 10.6 Å². The molecule has 1 saturated heterocycles. The summed E-state index contributed by atoms with van der Waals surface area (Å²) in [7, 11) is 0. The number of halogens is 3. The zero-order chi connectivity index (χ0) is 37.1. The van der Waals surface area contributed by atoms with E-state index in [2.05, 4.69) is 86.9 Å². The Morgan fingerprint density at radius 3 is 2.27 bits per heavy atom. The Hall–Kier alpha value is -4.33. The van der Waals surface area contributed by atoms with E-state index in [-0.39, 0.29) is 17.9 Å². The molecule has 2 fully saturated rings. The van der Waals surface area contributed by atoms with Crippen LogP contribution in [0.15, 0.2) is 79.0 Å². The molecule has 1 atom stereocenters. The van der Waals surface area contributed by atoms with Gasteiger partial charge in [0.2, 0.25) is 5.91 Å². The van der Waals surface area contributed by atoms with Gasteiger partial charge >= 0.3 is 12.1 Å². The lowest BCUT2D eigenvalue weighted by atomic mass is 9.94. The number of carbonyl (C=O) groups is 3. The summed E-state index contributed by atoms with van der Waals surface area (Å²) in [6, 6.07) is 24.7. The monoisotopic (exact) mass is 737 g/mol. The van der Waals surface area contributed by atoms with Crippen LogP contribution in [-0.2, 0) is 22.6 Å². The molecular formula is C39H46F3N5O4S. The zero-order valence-corrected chi connectivity index (χ0v) is 30.1. The Kier molecular flexibility index (Phi) is 13.4. The molecule has 3 N–H and O–H groups in total. The minimum Gasteiger partial charge on any atom is -0.475 e.